The maximum atomic E-state index is 12.1. The Morgan fingerprint density at radius 2 is 1.61 bits per heavy atom. The quantitative estimate of drug-likeness (QED) is 0.775. The normalized spacial score (nSPS) is 12.0. The minimum Gasteiger partial charge on any atom is -0.491 e. The van der Waals surface area contributed by atoms with E-state index in [2.05, 4.69) is 10.1 Å². The zero-order valence-electron chi connectivity index (χ0n) is 12.7. The van der Waals surface area contributed by atoms with Gasteiger partial charge in [0.1, 0.15) is 18.1 Å². The Morgan fingerprint density at radius 3 is 2.17 bits per heavy atom. The van der Waals surface area contributed by atoms with Crippen molar-refractivity contribution < 1.29 is 23.4 Å². The second-order valence-electron chi connectivity index (χ2n) is 4.91. The van der Waals surface area contributed by atoms with Crippen LogP contribution in [0, 0.1) is 0 Å². The van der Waals surface area contributed by atoms with Crippen LogP contribution in [0.25, 0.3) is 0 Å². The molecule has 23 heavy (non-hydrogen) atoms. The zero-order chi connectivity index (χ0) is 16.7. The lowest BCUT2D eigenvalue weighted by Gasteiger charge is -2.16. The molecule has 4 nitrogen and oxygen atoms in total. The molecule has 0 heterocycles. The summed E-state index contributed by atoms with van der Waals surface area (Å²) in [6.07, 6.45) is 0. The summed E-state index contributed by atoms with van der Waals surface area (Å²) in [4.78, 5) is 0. The summed E-state index contributed by atoms with van der Waals surface area (Å²) in [5.41, 5.74) is 1.86. The summed E-state index contributed by atoms with van der Waals surface area (Å²) < 4.78 is 33.9. The maximum Gasteiger partial charge on any atom is 0.387 e. The largest absolute Gasteiger partial charge is 0.491 e. The van der Waals surface area contributed by atoms with Gasteiger partial charge in [0.25, 0.3) is 0 Å². The number of aliphatic hydroxyl groups is 1. The van der Waals surface area contributed by atoms with Crippen LogP contribution in [0.2, 0.25) is 0 Å². The molecule has 0 amide bonds. The van der Waals surface area contributed by atoms with Crippen LogP contribution in [0.4, 0.5) is 14.5 Å². The highest BCUT2D eigenvalue weighted by atomic mass is 19.3. The average Bonchev–Trinajstić information content (AvgIpc) is 2.54. The van der Waals surface area contributed by atoms with Crippen molar-refractivity contribution in [2.75, 3.05) is 18.5 Å². The van der Waals surface area contributed by atoms with E-state index in [1.165, 1.54) is 12.1 Å². The van der Waals surface area contributed by atoms with Gasteiger partial charge >= 0.3 is 6.61 Å². The summed E-state index contributed by atoms with van der Waals surface area (Å²) in [5.74, 6) is 0.826. The highest BCUT2D eigenvalue weighted by Crippen LogP contribution is 2.23. The molecule has 6 heteroatoms. The molecule has 0 bridgehead atoms. The fraction of sp³-hybridized carbons (Fsp3) is 0.294. The van der Waals surface area contributed by atoms with E-state index in [0.29, 0.717) is 5.75 Å². The Bertz CT molecular complexity index is 588. The van der Waals surface area contributed by atoms with Gasteiger partial charge in [0.15, 0.2) is 0 Å². The van der Waals surface area contributed by atoms with Gasteiger partial charge in [-0.3, -0.25) is 0 Å². The first-order valence-corrected chi connectivity index (χ1v) is 7.23. The first-order valence-electron chi connectivity index (χ1n) is 7.23. The number of ether oxygens (including phenoxy) is 2. The smallest absolute Gasteiger partial charge is 0.387 e. The molecule has 0 aromatic heterocycles. The van der Waals surface area contributed by atoms with Crippen LogP contribution < -0.4 is 14.8 Å². The summed E-state index contributed by atoms with van der Waals surface area (Å²) in [6, 6.07) is 13.9. The van der Waals surface area contributed by atoms with Crippen LogP contribution in [0.5, 0.6) is 11.5 Å². The predicted molar refractivity (Wildman–Crippen MR) is 84.1 cm³/mol. The molecule has 2 N–H and O–H groups in total. The first kappa shape index (κ1) is 17.0. The van der Waals surface area contributed by atoms with Crippen molar-refractivity contribution in [2.45, 2.75) is 19.6 Å². The Labute approximate surface area is 133 Å². The van der Waals surface area contributed by atoms with Crippen LogP contribution in [0.15, 0.2) is 48.5 Å². The van der Waals surface area contributed by atoms with E-state index in [1.807, 2.05) is 31.2 Å². The zero-order valence-corrected chi connectivity index (χ0v) is 12.7. The number of nitrogens with one attached hydrogen (secondary N) is 1. The minimum absolute atomic E-state index is 0.000176. The van der Waals surface area contributed by atoms with E-state index in [0.717, 1.165) is 11.3 Å². The molecule has 0 fully saturated rings. The molecule has 0 radical (unpaired) electrons. The Balaban J connectivity index is 1.94. The highest BCUT2D eigenvalue weighted by molar-refractivity contribution is 5.48. The van der Waals surface area contributed by atoms with E-state index in [-0.39, 0.29) is 25.0 Å². The van der Waals surface area contributed by atoms with Crippen molar-refractivity contribution in [1.29, 1.82) is 0 Å². The summed E-state index contributed by atoms with van der Waals surface area (Å²) >= 11 is 0. The predicted octanol–water partition coefficient (Wildman–Crippen LogP) is 3.83. The molecule has 0 aliphatic heterocycles. The standard InChI is InChI=1S/C17H19F2NO3/c1-12(13-2-6-16(7-3-13)23-17(18)19)20-14-4-8-15(9-5-14)22-11-10-21/h2-9,12,17,20-21H,10-11H2,1H3. The first-order chi connectivity index (χ1) is 11.1. The van der Waals surface area contributed by atoms with Crippen molar-refractivity contribution in [3.8, 4) is 11.5 Å². The number of halogens is 2. The number of benzene rings is 2. The van der Waals surface area contributed by atoms with E-state index >= 15 is 0 Å². The fourth-order valence-corrected chi connectivity index (χ4v) is 2.08. The van der Waals surface area contributed by atoms with E-state index < -0.39 is 6.61 Å². The van der Waals surface area contributed by atoms with Crippen molar-refractivity contribution in [3.05, 3.63) is 54.1 Å². The maximum absolute atomic E-state index is 12.1. The molecular formula is C17H19F2NO3. The molecule has 2 rings (SSSR count). The van der Waals surface area contributed by atoms with Gasteiger partial charge in [0.2, 0.25) is 0 Å². The van der Waals surface area contributed by atoms with E-state index in [9.17, 15) is 8.78 Å². The van der Waals surface area contributed by atoms with Crippen molar-refractivity contribution in [3.63, 3.8) is 0 Å². The third-order valence-electron chi connectivity index (χ3n) is 3.20. The lowest BCUT2D eigenvalue weighted by Crippen LogP contribution is -2.07. The van der Waals surface area contributed by atoms with Crippen LogP contribution in [-0.2, 0) is 0 Å². The molecule has 0 saturated heterocycles. The number of hydrogen-bond donors (Lipinski definition) is 2. The molecule has 0 spiro atoms. The summed E-state index contributed by atoms with van der Waals surface area (Å²) in [7, 11) is 0. The molecule has 0 aliphatic rings. The minimum atomic E-state index is -2.82. The van der Waals surface area contributed by atoms with Crippen LogP contribution in [0.1, 0.15) is 18.5 Å². The number of aliphatic hydroxyl groups excluding tert-OH is 1. The number of rotatable bonds is 8. The Kier molecular flexibility index (Phi) is 6.17. The van der Waals surface area contributed by atoms with Gasteiger partial charge in [0.05, 0.1) is 6.61 Å². The number of alkyl halides is 2. The van der Waals surface area contributed by atoms with Crippen LogP contribution in [-0.4, -0.2) is 24.9 Å². The SMILES string of the molecule is CC(Nc1ccc(OCCO)cc1)c1ccc(OC(F)F)cc1. The van der Waals surface area contributed by atoms with E-state index in [4.69, 9.17) is 9.84 Å². The molecule has 0 aliphatic carbocycles. The van der Waals surface area contributed by atoms with Gasteiger partial charge in [0, 0.05) is 11.7 Å². The molecular weight excluding hydrogens is 304 g/mol. The lowest BCUT2D eigenvalue weighted by molar-refractivity contribution is -0.0498. The van der Waals surface area contributed by atoms with Crippen LogP contribution in [0.3, 0.4) is 0 Å². The van der Waals surface area contributed by atoms with E-state index in [1.54, 1.807) is 12.1 Å². The summed E-state index contributed by atoms with van der Waals surface area (Å²) in [6.45, 7) is -0.611. The average molecular weight is 323 g/mol. The second-order valence-corrected chi connectivity index (χ2v) is 4.91. The molecule has 0 saturated carbocycles. The van der Waals surface area contributed by atoms with Crippen molar-refractivity contribution >= 4 is 5.69 Å². The van der Waals surface area contributed by atoms with Gasteiger partial charge in [-0.05, 0) is 48.9 Å². The molecule has 124 valence electrons. The van der Waals surface area contributed by atoms with Gasteiger partial charge in [-0.2, -0.15) is 8.78 Å². The van der Waals surface area contributed by atoms with Gasteiger partial charge in [-0.1, -0.05) is 12.1 Å². The van der Waals surface area contributed by atoms with Crippen molar-refractivity contribution in [2.24, 2.45) is 0 Å². The second kappa shape index (κ2) is 8.33. The third kappa shape index (κ3) is 5.41. The monoisotopic (exact) mass is 323 g/mol. The summed E-state index contributed by atoms with van der Waals surface area (Å²) in [5, 5.41) is 12.0. The Hall–Kier alpha value is -2.34. The third-order valence-corrected chi connectivity index (χ3v) is 3.20. The van der Waals surface area contributed by atoms with Crippen molar-refractivity contribution in [1.82, 2.24) is 0 Å². The lowest BCUT2D eigenvalue weighted by atomic mass is 10.1. The number of hydrogen-bond acceptors (Lipinski definition) is 4. The molecule has 2 aromatic carbocycles. The molecule has 1 unspecified atom stereocenters. The number of anilines is 1. The molecule has 1 atom stereocenters. The fourth-order valence-electron chi connectivity index (χ4n) is 2.08. The Morgan fingerprint density at radius 1 is 1.00 bits per heavy atom. The highest BCUT2D eigenvalue weighted by Gasteiger charge is 2.08. The topological polar surface area (TPSA) is 50.7 Å². The van der Waals surface area contributed by atoms with Gasteiger partial charge in [-0.25, -0.2) is 0 Å². The molecule has 2 aromatic rings. The van der Waals surface area contributed by atoms with Crippen LogP contribution >= 0.6 is 0 Å². The van der Waals surface area contributed by atoms with Gasteiger partial charge < -0.3 is 19.9 Å². The van der Waals surface area contributed by atoms with Gasteiger partial charge in [-0.15, -0.1) is 0 Å².